The first-order chi connectivity index (χ1) is 19.2. The number of morpholine rings is 1. The number of fused-ring (bicyclic) bond motifs is 1. The number of benzene rings is 1. The van der Waals surface area contributed by atoms with Gasteiger partial charge in [-0.3, -0.25) is 14.6 Å². The van der Waals surface area contributed by atoms with Gasteiger partial charge < -0.3 is 24.4 Å². The highest BCUT2D eigenvalue weighted by atomic mass is 19.1. The van der Waals surface area contributed by atoms with Gasteiger partial charge in [0.25, 0.3) is 0 Å². The molecule has 0 saturated carbocycles. The minimum absolute atomic E-state index is 0.0747. The Balaban J connectivity index is 1.34. The number of hydrogen-bond acceptors (Lipinski definition) is 7. The predicted octanol–water partition coefficient (Wildman–Crippen LogP) is 2.70. The van der Waals surface area contributed by atoms with Crippen LogP contribution in [0, 0.1) is 5.82 Å². The number of carboxylic acid groups (broad SMARTS) is 1. The second-order valence-electron chi connectivity index (χ2n) is 11.2. The average Bonchev–Trinajstić information content (AvgIpc) is 2.92. The minimum atomic E-state index is -0.937. The number of amides is 2. The molecule has 1 aromatic heterocycles. The first-order valence-corrected chi connectivity index (χ1v) is 13.9. The van der Waals surface area contributed by atoms with Crippen molar-refractivity contribution >= 4 is 17.7 Å². The van der Waals surface area contributed by atoms with Crippen LogP contribution in [-0.4, -0.2) is 114 Å². The fourth-order valence-corrected chi connectivity index (χ4v) is 5.97. The summed E-state index contributed by atoms with van der Waals surface area (Å²) >= 11 is 0. The predicted molar refractivity (Wildman–Crippen MR) is 147 cm³/mol. The van der Waals surface area contributed by atoms with Crippen molar-refractivity contribution in [3.8, 4) is 5.88 Å². The van der Waals surface area contributed by atoms with Crippen LogP contribution < -0.4 is 9.64 Å². The van der Waals surface area contributed by atoms with Crippen molar-refractivity contribution in [2.75, 3.05) is 57.4 Å². The van der Waals surface area contributed by atoms with Crippen LogP contribution in [-0.2, 0) is 16.0 Å². The molecule has 0 spiro atoms. The molecule has 1 N–H and O–H groups in total. The standard InChI is InChI=1S/C29H38FN5O5/c1-19-13-32(25(15-35(19)29(37)38)14-34-20(2)17-39-18-21(34)3)16-27(36)33-8-9-40-28-26(33)11-23(12-31-28)10-22-4-6-24(30)7-5-22/h4-7,11-12,19-21,25H,8-10,13-18H2,1-3H3,(H,37,38)/t19-,20-,21-,25+/m1/s1. The van der Waals surface area contributed by atoms with E-state index in [1.165, 1.54) is 17.0 Å². The summed E-state index contributed by atoms with van der Waals surface area (Å²) in [4.78, 5) is 38.0. The topological polar surface area (TPSA) is 98.7 Å². The van der Waals surface area contributed by atoms with E-state index in [-0.39, 0.29) is 42.4 Å². The van der Waals surface area contributed by atoms with E-state index in [0.29, 0.717) is 64.0 Å². The molecule has 11 heteroatoms. The molecule has 0 bridgehead atoms. The van der Waals surface area contributed by atoms with Crippen LogP contribution >= 0.6 is 0 Å². The summed E-state index contributed by atoms with van der Waals surface area (Å²) in [5.74, 6) is 0.0557. The third kappa shape index (κ3) is 6.21. The Kier molecular flexibility index (Phi) is 8.53. The van der Waals surface area contributed by atoms with E-state index in [1.54, 1.807) is 23.2 Å². The van der Waals surface area contributed by atoms with Crippen LogP contribution in [0.2, 0.25) is 0 Å². The van der Waals surface area contributed by atoms with Crippen LogP contribution in [0.4, 0.5) is 14.9 Å². The first-order valence-electron chi connectivity index (χ1n) is 13.9. The molecule has 2 aromatic rings. The number of carbonyl (C=O) groups excluding carboxylic acids is 1. The van der Waals surface area contributed by atoms with E-state index >= 15 is 0 Å². The third-order valence-electron chi connectivity index (χ3n) is 8.17. The summed E-state index contributed by atoms with van der Waals surface area (Å²) in [6.45, 7) is 9.75. The summed E-state index contributed by atoms with van der Waals surface area (Å²) in [6.07, 6.45) is 1.34. The number of pyridine rings is 1. The van der Waals surface area contributed by atoms with Crippen molar-refractivity contribution in [2.24, 2.45) is 0 Å². The molecule has 5 rings (SSSR count). The van der Waals surface area contributed by atoms with E-state index in [2.05, 4.69) is 28.6 Å². The summed E-state index contributed by atoms with van der Waals surface area (Å²) in [7, 11) is 0. The van der Waals surface area contributed by atoms with Gasteiger partial charge in [0, 0.05) is 50.0 Å². The summed E-state index contributed by atoms with van der Waals surface area (Å²) < 4.78 is 24.8. The molecule has 2 amide bonds. The quantitative estimate of drug-likeness (QED) is 0.581. The largest absolute Gasteiger partial charge is 0.474 e. The lowest BCUT2D eigenvalue weighted by Gasteiger charge is -2.48. The number of aromatic nitrogens is 1. The molecule has 4 atom stereocenters. The minimum Gasteiger partial charge on any atom is -0.474 e. The van der Waals surface area contributed by atoms with Crippen LogP contribution in [0.3, 0.4) is 0 Å². The van der Waals surface area contributed by atoms with Crippen LogP contribution in [0.15, 0.2) is 36.5 Å². The number of anilines is 1. The van der Waals surface area contributed by atoms with Crippen molar-refractivity contribution < 1.29 is 28.6 Å². The smallest absolute Gasteiger partial charge is 0.407 e. The second-order valence-corrected chi connectivity index (χ2v) is 11.2. The molecule has 216 valence electrons. The van der Waals surface area contributed by atoms with E-state index in [4.69, 9.17) is 9.47 Å². The van der Waals surface area contributed by atoms with Crippen molar-refractivity contribution in [2.45, 2.75) is 51.4 Å². The van der Waals surface area contributed by atoms with Crippen molar-refractivity contribution in [1.82, 2.24) is 19.7 Å². The molecule has 0 unspecified atom stereocenters. The van der Waals surface area contributed by atoms with Gasteiger partial charge in [0.1, 0.15) is 18.1 Å². The maximum atomic E-state index is 13.8. The Morgan fingerprint density at radius 3 is 2.48 bits per heavy atom. The average molecular weight is 556 g/mol. The molecule has 0 radical (unpaired) electrons. The van der Waals surface area contributed by atoms with Gasteiger partial charge in [-0.15, -0.1) is 0 Å². The molecular formula is C29H38FN5O5. The van der Waals surface area contributed by atoms with Crippen molar-refractivity contribution in [1.29, 1.82) is 0 Å². The Hall–Kier alpha value is -3.28. The highest BCUT2D eigenvalue weighted by molar-refractivity contribution is 5.96. The SMILES string of the molecule is C[C@@H]1CN(CC(=O)N2CCOc3ncc(Cc4ccc(F)cc4)cc32)[C@@H](CN2[C@H](C)COC[C@H]2C)CN1C(=O)O. The van der Waals surface area contributed by atoms with Gasteiger partial charge in [0.05, 0.1) is 26.3 Å². The lowest BCUT2D eigenvalue weighted by Crippen LogP contribution is -2.64. The summed E-state index contributed by atoms with van der Waals surface area (Å²) in [5.41, 5.74) is 2.46. The summed E-state index contributed by atoms with van der Waals surface area (Å²) in [5, 5.41) is 9.82. The Morgan fingerprint density at radius 1 is 1.05 bits per heavy atom. The van der Waals surface area contributed by atoms with Crippen molar-refractivity contribution in [3.05, 3.63) is 53.5 Å². The number of rotatable bonds is 6. The van der Waals surface area contributed by atoms with Crippen LogP contribution in [0.25, 0.3) is 0 Å². The summed E-state index contributed by atoms with van der Waals surface area (Å²) in [6, 6.07) is 8.30. The third-order valence-corrected chi connectivity index (χ3v) is 8.17. The molecule has 10 nitrogen and oxygen atoms in total. The Bertz CT molecular complexity index is 1200. The molecule has 3 aliphatic rings. The van der Waals surface area contributed by atoms with Gasteiger partial charge in [0.15, 0.2) is 0 Å². The van der Waals surface area contributed by atoms with Gasteiger partial charge in [-0.25, -0.2) is 14.2 Å². The maximum absolute atomic E-state index is 13.8. The van der Waals surface area contributed by atoms with Crippen LogP contribution in [0.5, 0.6) is 5.88 Å². The molecule has 4 heterocycles. The molecule has 40 heavy (non-hydrogen) atoms. The zero-order chi connectivity index (χ0) is 28.4. The lowest BCUT2D eigenvalue weighted by molar-refractivity contribution is -0.122. The molecule has 3 aliphatic heterocycles. The molecule has 2 fully saturated rings. The van der Waals surface area contributed by atoms with E-state index < -0.39 is 6.09 Å². The van der Waals surface area contributed by atoms with E-state index in [1.807, 2.05) is 13.0 Å². The number of piperazine rings is 1. The lowest BCUT2D eigenvalue weighted by atomic mass is 10.0. The maximum Gasteiger partial charge on any atom is 0.407 e. The number of hydrogen-bond donors (Lipinski definition) is 1. The Labute approximate surface area is 234 Å². The van der Waals surface area contributed by atoms with E-state index in [0.717, 1.165) is 11.1 Å². The number of carbonyl (C=O) groups is 2. The highest BCUT2D eigenvalue weighted by Gasteiger charge is 2.39. The fourth-order valence-electron chi connectivity index (χ4n) is 5.97. The van der Waals surface area contributed by atoms with Crippen molar-refractivity contribution in [3.63, 3.8) is 0 Å². The normalized spacial score (nSPS) is 25.8. The van der Waals surface area contributed by atoms with Gasteiger partial charge in [-0.1, -0.05) is 12.1 Å². The number of nitrogens with zero attached hydrogens (tertiary/aromatic N) is 5. The van der Waals surface area contributed by atoms with E-state index in [9.17, 15) is 19.1 Å². The first kappa shape index (κ1) is 28.3. The number of halogens is 1. The second kappa shape index (κ2) is 12.1. The molecule has 0 aliphatic carbocycles. The number of ether oxygens (including phenoxy) is 2. The zero-order valence-electron chi connectivity index (χ0n) is 23.3. The Morgan fingerprint density at radius 2 is 1.77 bits per heavy atom. The van der Waals surface area contributed by atoms with Gasteiger partial charge in [-0.2, -0.15) is 0 Å². The zero-order valence-corrected chi connectivity index (χ0v) is 23.3. The highest BCUT2D eigenvalue weighted by Crippen LogP contribution is 2.31. The monoisotopic (exact) mass is 555 g/mol. The van der Waals surface area contributed by atoms with Crippen LogP contribution in [0.1, 0.15) is 31.9 Å². The van der Waals surface area contributed by atoms with Gasteiger partial charge in [-0.05, 0) is 56.5 Å². The van der Waals surface area contributed by atoms with Gasteiger partial charge >= 0.3 is 6.09 Å². The molecule has 1 aromatic carbocycles. The van der Waals surface area contributed by atoms with Gasteiger partial charge in [0.2, 0.25) is 11.8 Å². The molecular weight excluding hydrogens is 517 g/mol. The molecule has 2 saturated heterocycles. The fraction of sp³-hybridized carbons (Fsp3) is 0.552.